The summed E-state index contributed by atoms with van der Waals surface area (Å²) in [6.07, 6.45) is 1.81. The van der Waals surface area contributed by atoms with Crippen molar-refractivity contribution in [3.63, 3.8) is 0 Å². The molecule has 4 aromatic rings. The van der Waals surface area contributed by atoms with Gasteiger partial charge in [-0.2, -0.15) is 0 Å². The summed E-state index contributed by atoms with van der Waals surface area (Å²) in [6, 6.07) is 22.2. The Hall–Kier alpha value is -3.92. The average molecular weight is 629 g/mol. The van der Waals surface area contributed by atoms with Crippen LogP contribution < -0.4 is 20.4 Å². The van der Waals surface area contributed by atoms with Gasteiger partial charge in [-0.05, 0) is 92.3 Å². The zero-order valence-electron chi connectivity index (χ0n) is 25.4. The van der Waals surface area contributed by atoms with E-state index < -0.39 is 0 Å². The van der Waals surface area contributed by atoms with Crippen molar-refractivity contribution in [2.45, 2.75) is 39.8 Å². The molecule has 2 saturated heterocycles. The Bertz CT molecular complexity index is 1670. The van der Waals surface area contributed by atoms with Crippen LogP contribution in [0.2, 0.25) is 5.02 Å². The lowest BCUT2D eigenvalue weighted by Crippen LogP contribution is -2.36. The molecule has 2 aromatic heterocycles. The summed E-state index contributed by atoms with van der Waals surface area (Å²) >= 11 is 12.7. The van der Waals surface area contributed by atoms with E-state index in [4.69, 9.17) is 33.5 Å². The molecule has 2 fully saturated rings. The summed E-state index contributed by atoms with van der Waals surface area (Å²) in [7, 11) is 0. The molecule has 2 unspecified atom stereocenters. The summed E-state index contributed by atoms with van der Waals surface area (Å²) in [4.78, 5) is 21.5. The van der Waals surface area contributed by atoms with Crippen molar-refractivity contribution in [2.75, 3.05) is 41.4 Å². The third-order valence-electron chi connectivity index (χ3n) is 8.38. The lowest BCUT2D eigenvalue weighted by atomic mass is 9.96. The quantitative estimate of drug-likeness (QED) is 0.219. The van der Waals surface area contributed by atoms with Crippen LogP contribution in [0.4, 0.5) is 17.1 Å². The molecule has 44 heavy (non-hydrogen) atoms. The maximum Gasteiger partial charge on any atom is 0.226 e. The molecule has 2 aliphatic rings. The Balaban J connectivity index is 1.39. The van der Waals surface area contributed by atoms with Gasteiger partial charge in [-0.25, -0.2) is 0 Å². The minimum absolute atomic E-state index is 0.0866. The number of rotatable bonds is 7. The van der Waals surface area contributed by atoms with Crippen molar-refractivity contribution >= 4 is 51.9 Å². The Kier molecular flexibility index (Phi) is 8.62. The topological polar surface area (TPSA) is 74.7 Å². The van der Waals surface area contributed by atoms with Crippen molar-refractivity contribution in [1.82, 2.24) is 14.9 Å². The van der Waals surface area contributed by atoms with Gasteiger partial charge in [0.25, 0.3) is 0 Å². The van der Waals surface area contributed by atoms with E-state index in [1.807, 2.05) is 56.4 Å². The van der Waals surface area contributed by atoms with Crippen LogP contribution in [-0.4, -0.2) is 46.9 Å². The van der Waals surface area contributed by atoms with Crippen molar-refractivity contribution < 1.29 is 9.53 Å². The van der Waals surface area contributed by atoms with Crippen LogP contribution >= 0.6 is 23.8 Å². The zero-order valence-corrected chi connectivity index (χ0v) is 27.0. The van der Waals surface area contributed by atoms with Gasteiger partial charge < -0.3 is 29.7 Å². The molecule has 10 heteroatoms. The monoisotopic (exact) mass is 628 g/mol. The number of carbonyl (C=O) groups excluding carboxylic acids is 1. The van der Waals surface area contributed by atoms with Crippen molar-refractivity contribution in [3.8, 4) is 5.69 Å². The zero-order chi connectivity index (χ0) is 31.0. The van der Waals surface area contributed by atoms with Crippen LogP contribution in [0.1, 0.15) is 48.6 Å². The first-order valence-electron chi connectivity index (χ1n) is 15.0. The molecule has 0 radical (unpaired) electrons. The van der Waals surface area contributed by atoms with E-state index in [-0.39, 0.29) is 23.9 Å². The number of anilines is 3. The highest BCUT2D eigenvalue weighted by atomic mass is 35.5. The molecule has 2 aliphatic heterocycles. The third-order valence-corrected chi connectivity index (χ3v) is 9.01. The first kappa shape index (κ1) is 30.1. The van der Waals surface area contributed by atoms with Gasteiger partial charge in [0.05, 0.1) is 41.7 Å². The number of ether oxygens (including phenoxy) is 1. The number of halogens is 1. The van der Waals surface area contributed by atoms with E-state index in [0.29, 0.717) is 15.8 Å². The highest BCUT2D eigenvalue weighted by Gasteiger charge is 2.42. The van der Waals surface area contributed by atoms with E-state index in [1.165, 1.54) is 5.69 Å². The Morgan fingerprint density at radius 1 is 1.02 bits per heavy atom. The molecule has 8 nitrogen and oxygen atoms in total. The van der Waals surface area contributed by atoms with Gasteiger partial charge in [-0.3, -0.25) is 9.78 Å². The van der Waals surface area contributed by atoms with E-state index in [0.717, 1.165) is 60.3 Å². The number of aryl methyl sites for hydroxylation is 1. The van der Waals surface area contributed by atoms with E-state index in [9.17, 15) is 4.79 Å². The van der Waals surface area contributed by atoms with E-state index >= 15 is 0 Å². The van der Waals surface area contributed by atoms with E-state index in [2.05, 4.69) is 69.2 Å². The number of morpholine rings is 1. The predicted octanol–water partition coefficient (Wildman–Crippen LogP) is 6.75. The molecule has 228 valence electrons. The summed E-state index contributed by atoms with van der Waals surface area (Å²) in [5, 5.41) is 7.50. The summed E-state index contributed by atoms with van der Waals surface area (Å²) in [5.41, 5.74) is 7.99. The van der Waals surface area contributed by atoms with Gasteiger partial charge in [-0.15, -0.1) is 0 Å². The van der Waals surface area contributed by atoms with Gasteiger partial charge in [0.15, 0.2) is 5.11 Å². The SMILES string of the molecule is Cc1cc(C2C(c3ccccn3)NC(=S)N2c2ccc(NC(=O)C(C)C)c(Cl)c2)c(C)n1-c1ccc(N2CCOCC2)cc1. The Morgan fingerprint density at radius 2 is 1.73 bits per heavy atom. The second-order valence-electron chi connectivity index (χ2n) is 11.6. The molecule has 0 aliphatic carbocycles. The van der Waals surface area contributed by atoms with Gasteiger partial charge in [0.2, 0.25) is 5.91 Å². The Morgan fingerprint density at radius 3 is 2.39 bits per heavy atom. The fourth-order valence-electron chi connectivity index (χ4n) is 6.10. The van der Waals surface area contributed by atoms with Crippen LogP contribution in [0.25, 0.3) is 5.69 Å². The van der Waals surface area contributed by atoms with E-state index in [1.54, 1.807) is 0 Å². The molecule has 2 N–H and O–H groups in total. The lowest BCUT2D eigenvalue weighted by molar-refractivity contribution is -0.118. The van der Waals surface area contributed by atoms with Gasteiger partial charge >= 0.3 is 0 Å². The van der Waals surface area contributed by atoms with Crippen LogP contribution in [0.5, 0.6) is 0 Å². The second kappa shape index (κ2) is 12.6. The van der Waals surface area contributed by atoms with Gasteiger partial charge in [0, 0.05) is 53.7 Å². The molecule has 0 bridgehead atoms. The molecule has 0 spiro atoms. The number of nitrogens with one attached hydrogen (secondary N) is 2. The number of aromatic nitrogens is 2. The molecule has 1 amide bonds. The van der Waals surface area contributed by atoms with Crippen molar-refractivity contribution in [3.05, 3.63) is 101 Å². The third kappa shape index (κ3) is 5.79. The number of thiocarbonyl (C=S) groups is 1. The Labute approximate surface area is 269 Å². The van der Waals surface area contributed by atoms with Gasteiger partial charge in [0.1, 0.15) is 0 Å². The van der Waals surface area contributed by atoms with Crippen molar-refractivity contribution in [2.24, 2.45) is 5.92 Å². The maximum absolute atomic E-state index is 12.4. The number of amides is 1. The minimum Gasteiger partial charge on any atom is -0.378 e. The fourth-order valence-corrected chi connectivity index (χ4v) is 6.67. The summed E-state index contributed by atoms with van der Waals surface area (Å²) in [5.74, 6) is -0.244. The molecule has 2 atom stereocenters. The average Bonchev–Trinajstić information content (AvgIpc) is 3.53. The maximum atomic E-state index is 12.4. The molecule has 2 aromatic carbocycles. The van der Waals surface area contributed by atoms with Crippen LogP contribution in [0.3, 0.4) is 0 Å². The first-order valence-corrected chi connectivity index (χ1v) is 15.7. The number of pyridine rings is 1. The van der Waals surface area contributed by atoms with Gasteiger partial charge in [-0.1, -0.05) is 31.5 Å². The largest absolute Gasteiger partial charge is 0.378 e. The highest BCUT2D eigenvalue weighted by molar-refractivity contribution is 7.80. The minimum atomic E-state index is -0.197. The number of carbonyl (C=O) groups is 1. The fraction of sp³-hybridized carbons (Fsp3) is 0.324. The standard InChI is InChI=1S/C34H37ClN6O2S/c1-21(2)33(42)37-29-13-12-26(20-28(29)35)41-32(31(38-34(41)44)30-7-5-6-14-36-30)27-19-22(3)40(23(27)4)25-10-8-24(9-11-25)39-15-17-43-18-16-39/h5-14,19-21,31-32H,15-18H2,1-4H3,(H,37,42)(H,38,44). The predicted molar refractivity (Wildman–Crippen MR) is 181 cm³/mol. The number of hydrogen-bond donors (Lipinski definition) is 2. The molecule has 4 heterocycles. The lowest BCUT2D eigenvalue weighted by Gasteiger charge is -2.29. The van der Waals surface area contributed by atoms with Crippen LogP contribution in [0, 0.1) is 19.8 Å². The highest BCUT2D eigenvalue weighted by Crippen LogP contribution is 2.45. The van der Waals surface area contributed by atoms with Crippen molar-refractivity contribution in [1.29, 1.82) is 0 Å². The number of hydrogen-bond acceptors (Lipinski definition) is 5. The first-order chi connectivity index (χ1) is 21.2. The number of benzene rings is 2. The smallest absolute Gasteiger partial charge is 0.226 e. The second-order valence-corrected chi connectivity index (χ2v) is 12.4. The molecular weight excluding hydrogens is 592 g/mol. The molecular formula is C34H37ClN6O2S. The summed E-state index contributed by atoms with van der Waals surface area (Å²) < 4.78 is 7.83. The van der Waals surface area contributed by atoms with Crippen LogP contribution in [-0.2, 0) is 9.53 Å². The molecule has 6 rings (SSSR count). The van der Waals surface area contributed by atoms with Crippen LogP contribution in [0.15, 0.2) is 72.9 Å². The number of nitrogens with zero attached hydrogens (tertiary/aromatic N) is 4. The molecule has 0 saturated carbocycles. The normalized spacial score (nSPS) is 18.5. The summed E-state index contributed by atoms with van der Waals surface area (Å²) in [6.45, 7) is 11.3.